The number of aromatic nitrogens is 1. The first-order chi connectivity index (χ1) is 8.11. The number of halogens is 2. The van der Waals surface area contributed by atoms with Crippen LogP contribution in [0.15, 0.2) is 30.5 Å². The van der Waals surface area contributed by atoms with Crippen molar-refractivity contribution in [2.75, 3.05) is 5.73 Å². The van der Waals surface area contributed by atoms with Gasteiger partial charge in [0, 0.05) is 10.6 Å². The van der Waals surface area contributed by atoms with Crippen LogP contribution < -0.4 is 5.73 Å². The van der Waals surface area contributed by atoms with Crippen LogP contribution in [0.4, 0.5) is 5.69 Å². The lowest BCUT2D eigenvalue weighted by molar-refractivity contribution is 1.30. The maximum absolute atomic E-state index is 9.03. The zero-order valence-electron chi connectivity index (χ0n) is 8.61. The number of rotatable bonds is 1. The number of anilines is 1. The molecule has 0 saturated carbocycles. The number of hydrogen-bond acceptors (Lipinski definition) is 3. The van der Waals surface area contributed by atoms with Gasteiger partial charge in [-0.05, 0) is 24.3 Å². The number of nitrogen functional groups attached to an aromatic ring is 1. The summed E-state index contributed by atoms with van der Waals surface area (Å²) in [7, 11) is 0. The third kappa shape index (κ3) is 2.33. The number of nitrogens with two attached hydrogens (primary N) is 1. The molecule has 0 aliphatic rings. The fourth-order valence-electron chi connectivity index (χ4n) is 1.46. The number of benzene rings is 1. The van der Waals surface area contributed by atoms with Crippen LogP contribution in [-0.2, 0) is 0 Å². The van der Waals surface area contributed by atoms with Crippen molar-refractivity contribution in [3.05, 3.63) is 46.1 Å². The minimum absolute atomic E-state index is 0.384. The maximum atomic E-state index is 9.03. The highest BCUT2D eigenvalue weighted by molar-refractivity contribution is 6.36. The van der Waals surface area contributed by atoms with Crippen molar-refractivity contribution in [2.24, 2.45) is 0 Å². The largest absolute Gasteiger partial charge is 0.397 e. The van der Waals surface area contributed by atoms with Crippen LogP contribution in [0.3, 0.4) is 0 Å². The monoisotopic (exact) mass is 263 g/mol. The zero-order valence-corrected chi connectivity index (χ0v) is 10.1. The minimum atomic E-state index is 0.384. The molecule has 3 nitrogen and oxygen atoms in total. The van der Waals surface area contributed by atoms with Gasteiger partial charge in [-0.25, -0.2) is 0 Å². The molecule has 0 atom stereocenters. The second-order valence-corrected chi connectivity index (χ2v) is 4.24. The van der Waals surface area contributed by atoms with Gasteiger partial charge in [0.25, 0.3) is 0 Å². The molecule has 0 aliphatic heterocycles. The minimum Gasteiger partial charge on any atom is -0.397 e. The predicted octanol–water partition coefficient (Wildman–Crippen LogP) is 3.51. The molecule has 17 heavy (non-hydrogen) atoms. The van der Waals surface area contributed by atoms with E-state index in [4.69, 9.17) is 34.2 Å². The quantitative estimate of drug-likeness (QED) is 0.857. The SMILES string of the molecule is N#Cc1cc(N)cnc1-c1ccc(Cl)cc1Cl. The van der Waals surface area contributed by atoms with E-state index in [1.807, 2.05) is 6.07 Å². The highest BCUT2D eigenvalue weighted by atomic mass is 35.5. The predicted molar refractivity (Wildman–Crippen MR) is 68.8 cm³/mol. The van der Waals surface area contributed by atoms with Gasteiger partial charge in [-0.2, -0.15) is 5.26 Å². The van der Waals surface area contributed by atoms with Crippen LogP contribution in [0.5, 0.6) is 0 Å². The number of pyridine rings is 1. The fourth-order valence-corrected chi connectivity index (χ4v) is 1.96. The van der Waals surface area contributed by atoms with Gasteiger partial charge < -0.3 is 5.73 Å². The highest BCUT2D eigenvalue weighted by Crippen LogP contribution is 2.31. The van der Waals surface area contributed by atoms with E-state index in [1.54, 1.807) is 24.3 Å². The van der Waals surface area contributed by atoms with E-state index >= 15 is 0 Å². The van der Waals surface area contributed by atoms with Crippen molar-refractivity contribution in [1.82, 2.24) is 4.98 Å². The first kappa shape index (κ1) is 11.7. The molecular weight excluding hydrogens is 257 g/mol. The van der Waals surface area contributed by atoms with Crippen LogP contribution >= 0.6 is 23.2 Å². The smallest absolute Gasteiger partial charge is 0.102 e. The van der Waals surface area contributed by atoms with E-state index in [9.17, 15) is 0 Å². The summed E-state index contributed by atoms with van der Waals surface area (Å²) in [6, 6.07) is 8.64. The molecule has 0 bridgehead atoms. The first-order valence-corrected chi connectivity index (χ1v) is 5.48. The van der Waals surface area contributed by atoms with E-state index < -0.39 is 0 Å². The Morgan fingerprint density at radius 2 is 2.00 bits per heavy atom. The summed E-state index contributed by atoms with van der Waals surface area (Å²) in [5, 5.41) is 10.0. The van der Waals surface area contributed by atoms with E-state index in [2.05, 4.69) is 4.98 Å². The van der Waals surface area contributed by atoms with Crippen LogP contribution in [0.2, 0.25) is 10.0 Å². The lowest BCUT2D eigenvalue weighted by Gasteiger charge is -2.06. The van der Waals surface area contributed by atoms with Crippen molar-refractivity contribution in [1.29, 1.82) is 5.26 Å². The third-order valence-electron chi connectivity index (χ3n) is 2.22. The molecule has 84 valence electrons. The molecule has 0 amide bonds. The Morgan fingerprint density at radius 1 is 1.24 bits per heavy atom. The highest BCUT2D eigenvalue weighted by Gasteiger charge is 2.11. The molecule has 1 heterocycles. The molecule has 0 aliphatic carbocycles. The van der Waals surface area contributed by atoms with E-state index in [1.165, 1.54) is 6.20 Å². The van der Waals surface area contributed by atoms with Crippen LogP contribution in [-0.4, -0.2) is 4.98 Å². The third-order valence-corrected chi connectivity index (χ3v) is 2.76. The second-order valence-electron chi connectivity index (χ2n) is 3.40. The van der Waals surface area contributed by atoms with Gasteiger partial charge in [-0.1, -0.05) is 23.2 Å². The molecule has 2 rings (SSSR count). The summed E-state index contributed by atoms with van der Waals surface area (Å²) in [5.41, 5.74) is 7.56. The average Bonchev–Trinajstić information content (AvgIpc) is 2.30. The lowest BCUT2D eigenvalue weighted by Crippen LogP contribution is -1.94. The van der Waals surface area contributed by atoms with Crippen molar-refractivity contribution in [3.63, 3.8) is 0 Å². The summed E-state index contributed by atoms with van der Waals surface area (Å²) in [5.74, 6) is 0. The topological polar surface area (TPSA) is 62.7 Å². The lowest BCUT2D eigenvalue weighted by atomic mass is 10.1. The van der Waals surface area contributed by atoms with Crippen molar-refractivity contribution in [2.45, 2.75) is 0 Å². The molecule has 0 fully saturated rings. The summed E-state index contributed by atoms with van der Waals surface area (Å²) >= 11 is 11.9. The Balaban J connectivity index is 2.65. The Labute approximate surface area is 108 Å². The standard InChI is InChI=1S/C12H7Cl2N3/c13-8-1-2-10(11(14)4-8)12-7(5-15)3-9(16)6-17-12/h1-4,6H,16H2. The van der Waals surface area contributed by atoms with E-state index in [0.717, 1.165) is 0 Å². The van der Waals surface area contributed by atoms with Gasteiger partial charge in [-0.3, -0.25) is 4.98 Å². The first-order valence-electron chi connectivity index (χ1n) is 4.73. The van der Waals surface area contributed by atoms with Gasteiger partial charge >= 0.3 is 0 Å². The van der Waals surface area contributed by atoms with Gasteiger partial charge in [0.15, 0.2) is 0 Å². The second kappa shape index (κ2) is 4.62. The van der Waals surface area contributed by atoms with E-state index in [0.29, 0.717) is 32.6 Å². The normalized spacial score (nSPS) is 9.94. The summed E-state index contributed by atoms with van der Waals surface area (Å²) < 4.78 is 0. The maximum Gasteiger partial charge on any atom is 0.102 e. The Kier molecular flexibility index (Phi) is 3.19. The van der Waals surface area contributed by atoms with Crippen LogP contribution in [0.25, 0.3) is 11.3 Å². The van der Waals surface area contributed by atoms with Gasteiger partial charge in [-0.15, -0.1) is 0 Å². The molecule has 2 N–H and O–H groups in total. The molecule has 2 aromatic rings. The molecule has 0 spiro atoms. The summed E-state index contributed by atoms with van der Waals surface area (Å²) in [6.07, 6.45) is 1.49. The Bertz CT molecular complexity index is 618. The molecular formula is C12H7Cl2N3. The van der Waals surface area contributed by atoms with E-state index in [-0.39, 0.29) is 0 Å². The molecule has 1 aromatic carbocycles. The Hall–Kier alpha value is -1.76. The number of nitriles is 1. The molecule has 1 aromatic heterocycles. The average molecular weight is 264 g/mol. The molecule has 5 heteroatoms. The van der Waals surface area contributed by atoms with Crippen molar-refractivity contribution >= 4 is 28.9 Å². The molecule has 0 radical (unpaired) electrons. The van der Waals surface area contributed by atoms with Gasteiger partial charge in [0.05, 0.1) is 28.2 Å². The van der Waals surface area contributed by atoms with Crippen LogP contribution in [0, 0.1) is 11.3 Å². The van der Waals surface area contributed by atoms with Crippen molar-refractivity contribution < 1.29 is 0 Å². The van der Waals surface area contributed by atoms with Crippen molar-refractivity contribution in [3.8, 4) is 17.3 Å². The zero-order chi connectivity index (χ0) is 12.4. The molecule has 0 saturated heterocycles. The summed E-state index contributed by atoms with van der Waals surface area (Å²) in [6.45, 7) is 0. The van der Waals surface area contributed by atoms with Gasteiger partial charge in [0.2, 0.25) is 0 Å². The summed E-state index contributed by atoms with van der Waals surface area (Å²) in [4.78, 5) is 4.13. The molecule has 0 unspecified atom stereocenters. The fraction of sp³-hybridized carbons (Fsp3) is 0. The van der Waals surface area contributed by atoms with Gasteiger partial charge in [0.1, 0.15) is 6.07 Å². The van der Waals surface area contributed by atoms with Crippen LogP contribution in [0.1, 0.15) is 5.56 Å². The Morgan fingerprint density at radius 3 is 2.65 bits per heavy atom. The number of nitrogens with zero attached hydrogens (tertiary/aromatic N) is 2. The number of hydrogen-bond donors (Lipinski definition) is 1.